The maximum Gasteiger partial charge on any atom is 0.255 e. The van der Waals surface area contributed by atoms with Crippen LogP contribution in [0.2, 0.25) is 0 Å². The molecular formula is C20H16N8O. The number of nitrogens with one attached hydrogen (secondary N) is 4. The monoisotopic (exact) mass is 384 g/mol. The van der Waals surface area contributed by atoms with Crippen molar-refractivity contribution in [1.29, 1.82) is 0 Å². The Morgan fingerprint density at radius 2 is 1.97 bits per heavy atom. The lowest BCUT2D eigenvalue weighted by molar-refractivity contribution is 0.102. The van der Waals surface area contributed by atoms with Crippen LogP contribution in [0.15, 0.2) is 60.8 Å². The van der Waals surface area contributed by atoms with Crippen molar-refractivity contribution in [1.82, 2.24) is 25.1 Å². The summed E-state index contributed by atoms with van der Waals surface area (Å²) in [5.74, 6) is 1.43. The summed E-state index contributed by atoms with van der Waals surface area (Å²) in [5.41, 5.74) is 9.18. The molecule has 142 valence electrons. The quantitative estimate of drug-likeness (QED) is 0.322. The van der Waals surface area contributed by atoms with Gasteiger partial charge in [-0.25, -0.2) is 9.97 Å². The van der Waals surface area contributed by atoms with Gasteiger partial charge in [-0.3, -0.25) is 9.89 Å². The molecule has 0 aliphatic rings. The summed E-state index contributed by atoms with van der Waals surface area (Å²) in [4.78, 5) is 24.5. The zero-order chi connectivity index (χ0) is 19.8. The van der Waals surface area contributed by atoms with E-state index in [0.717, 1.165) is 21.9 Å². The largest absolute Gasteiger partial charge is 0.382 e. The second-order valence-electron chi connectivity index (χ2n) is 6.48. The topological polar surface area (TPSA) is 137 Å². The molecule has 0 bridgehead atoms. The van der Waals surface area contributed by atoms with E-state index >= 15 is 0 Å². The van der Waals surface area contributed by atoms with E-state index < -0.39 is 0 Å². The fraction of sp³-hybridized carbons (Fsp3) is 0. The number of nitrogens with zero attached hydrogens (tertiary/aromatic N) is 3. The summed E-state index contributed by atoms with van der Waals surface area (Å²) in [6.45, 7) is 0. The van der Waals surface area contributed by atoms with Crippen LogP contribution in [0.5, 0.6) is 0 Å². The number of H-pyrrole nitrogens is 2. The first-order valence-corrected chi connectivity index (χ1v) is 8.88. The Balaban J connectivity index is 1.38. The van der Waals surface area contributed by atoms with Gasteiger partial charge in [0, 0.05) is 22.8 Å². The maximum absolute atomic E-state index is 12.7. The van der Waals surface area contributed by atoms with Crippen LogP contribution in [0.1, 0.15) is 10.4 Å². The predicted molar refractivity (Wildman–Crippen MR) is 112 cm³/mol. The van der Waals surface area contributed by atoms with Crippen LogP contribution in [-0.4, -0.2) is 31.1 Å². The Labute approximate surface area is 164 Å². The van der Waals surface area contributed by atoms with Gasteiger partial charge in [-0.05, 0) is 48.5 Å². The van der Waals surface area contributed by atoms with Crippen LogP contribution in [-0.2, 0) is 0 Å². The van der Waals surface area contributed by atoms with Crippen molar-refractivity contribution in [3.05, 3.63) is 66.4 Å². The Hall–Kier alpha value is -4.40. The molecule has 1 amide bonds. The number of hydrogen-bond donors (Lipinski definition) is 5. The number of fused-ring (bicyclic) bond motifs is 2. The summed E-state index contributed by atoms with van der Waals surface area (Å²) in [5, 5.41) is 13.6. The summed E-state index contributed by atoms with van der Waals surface area (Å²) in [6, 6.07) is 16.2. The maximum atomic E-state index is 12.7. The van der Waals surface area contributed by atoms with Gasteiger partial charge < -0.3 is 21.4 Å². The van der Waals surface area contributed by atoms with Gasteiger partial charge in [0.1, 0.15) is 5.82 Å². The van der Waals surface area contributed by atoms with Gasteiger partial charge in [0.05, 0.1) is 16.6 Å². The molecule has 0 saturated heterocycles. The fourth-order valence-electron chi connectivity index (χ4n) is 3.09. The minimum Gasteiger partial charge on any atom is -0.382 e. The van der Waals surface area contributed by atoms with E-state index in [-0.39, 0.29) is 5.91 Å². The molecule has 0 saturated carbocycles. The molecule has 0 spiro atoms. The highest BCUT2D eigenvalue weighted by Crippen LogP contribution is 2.23. The molecule has 0 aliphatic heterocycles. The van der Waals surface area contributed by atoms with Gasteiger partial charge in [-0.2, -0.15) is 5.10 Å². The highest BCUT2D eigenvalue weighted by Gasteiger charge is 2.11. The van der Waals surface area contributed by atoms with Crippen molar-refractivity contribution in [3.63, 3.8) is 0 Å². The van der Waals surface area contributed by atoms with Gasteiger partial charge in [-0.1, -0.05) is 6.07 Å². The van der Waals surface area contributed by atoms with E-state index in [9.17, 15) is 4.79 Å². The summed E-state index contributed by atoms with van der Waals surface area (Å²) >= 11 is 0. The number of benzene rings is 2. The van der Waals surface area contributed by atoms with Crippen LogP contribution in [0.4, 0.5) is 23.3 Å². The number of hydrogen-bond acceptors (Lipinski definition) is 6. The SMILES string of the molecule is Nc1n[nH]c2cc(NC(=O)c3ccc4nc(Nc5ccccn5)[nH]c4c3)ccc12. The number of amides is 1. The van der Waals surface area contributed by atoms with E-state index in [0.29, 0.717) is 28.8 Å². The number of pyridine rings is 1. The standard InChI is InChI=1S/C20H16N8O/c21-18-13-6-5-12(10-15(13)27-28-18)23-19(29)11-4-7-14-16(9-11)25-20(24-14)26-17-3-1-2-8-22-17/h1-10H,(H,23,29)(H3,21,27,28)(H2,22,24,25,26). The number of aromatic nitrogens is 5. The van der Waals surface area contributed by atoms with Crippen molar-refractivity contribution in [2.75, 3.05) is 16.4 Å². The summed E-state index contributed by atoms with van der Waals surface area (Å²) in [6.07, 6.45) is 1.70. The number of carbonyl (C=O) groups excluding carboxylic acids is 1. The lowest BCUT2D eigenvalue weighted by atomic mass is 10.1. The molecule has 5 rings (SSSR count). The van der Waals surface area contributed by atoms with Crippen molar-refractivity contribution in [2.45, 2.75) is 0 Å². The first-order valence-electron chi connectivity index (χ1n) is 8.88. The molecule has 29 heavy (non-hydrogen) atoms. The zero-order valence-electron chi connectivity index (χ0n) is 15.1. The highest BCUT2D eigenvalue weighted by molar-refractivity contribution is 6.07. The third-order valence-corrected chi connectivity index (χ3v) is 4.51. The lowest BCUT2D eigenvalue weighted by Gasteiger charge is -2.05. The molecule has 0 radical (unpaired) electrons. The molecule has 3 heterocycles. The minimum atomic E-state index is -0.229. The average molecular weight is 384 g/mol. The van der Waals surface area contributed by atoms with E-state index in [1.807, 2.05) is 24.3 Å². The van der Waals surface area contributed by atoms with Gasteiger partial charge >= 0.3 is 0 Å². The third kappa shape index (κ3) is 3.21. The minimum absolute atomic E-state index is 0.229. The first-order chi connectivity index (χ1) is 14.2. The van der Waals surface area contributed by atoms with Crippen molar-refractivity contribution in [2.24, 2.45) is 0 Å². The number of anilines is 4. The van der Waals surface area contributed by atoms with Crippen LogP contribution in [0.3, 0.4) is 0 Å². The molecular weight excluding hydrogens is 368 g/mol. The number of nitrogens with two attached hydrogens (primary N) is 1. The molecule has 0 unspecified atom stereocenters. The fourth-order valence-corrected chi connectivity index (χ4v) is 3.09. The van der Waals surface area contributed by atoms with Crippen LogP contribution in [0.25, 0.3) is 21.9 Å². The Bertz CT molecular complexity index is 1340. The first kappa shape index (κ1) is 16.8. The van der Waals surface area contributed by atoms with E-state index in [2.05, 4.69) is 35.8 Å². The predicted octanol–water partition coefficient (Wildman–Crippen LogP) is 3.41. The van der Waals surface area contributed by atoms with E-state index in [1.54, 1.807) is 36.5 Å². The number of imidazole rings is 1. The molecule has 9 nitrogen and oxygen atoms in total. The van der Waals surface area contributed by atoms with E-state index in [4.69, 9.17) is 5.73 Å². The second-order valence-corrected chi connectivity index (χ2v) is 6.48. The summed E-state index contributed by atoms with van der Waals surface area (Å²) in [7, 11) is 0. The molecule has 0 atom stereocenters. The molecule has 0 aliphatic carbocycles. The normalized spacial score (nSPS) is 11.0. The van der Waals surface area contributed by atoms with Crippen LogP contribution in [0, 0.1) is 0 Å². The second kappa shape index (κ2) is 6.64. The number of rotatable bonds is 4. The molecule has 9 heteroatoms. The van der Waals surface area contributed by atoms with E-state index in [1.165, 1.54) is 0 Å². The van der Waals surface area contributed by atoms with Gasteiger partial charge in [0.2, 0.25) is 5.95 Å². The molecule has 5 aromatic rings. The van der Waals surface area contributed by atoms with Crippen molar-refractivity contribution < 1.29 is 4.79 Å². The molecule has 2 aromatic carbocycles. The average Bonchev–Trinajstić information content (AvgIpc) is 3.30. The number of aromatic amines is 2. The Morgan fingerprint density at radius 3 is 2.83 bits per heavy atom. The zero-order valence-corrected chi connectivity index (χ0v) is 15.1. The molecule has 6 N–H and O–H groups in total. The van der Waals surface area contributed by atoms with Gasteiger partial charge in [0.15, 0.2) is 5.82 Å². The number of nitrogen functional groups attached to an aromatic ring is 1. The van der Waals surface area contributed by atoms with Gasteiger partial charge in [-0.15, -0.1) is 0 Å². The summed E-state index contributed by atoms with van der Waals surface area (Å²) < 4.78 is 0. The third-order valence-electron chi connectivity index (χ3n) is 4.51. The van der Waals surface area contributed by atoms with Crippen LogP contribution < -0.4 is 16.4 Å². The molecule has 3 aromatic heterocycles. The smallest absolute Gasteiger partial charge is 0.255 e. The lowest BCUT2D eigenvalue weighted by Crippen LogP contribution is -2.11. The van der Waals surface area contributed by atoms with Crippen LogP contribution >= 0.6 is 0 Å². The van der Waals surface area contributed by atoms with Crippen molar-refractivity contribution in [3.8, 4) is 0 Å². The Morgan fingerprint density at radius 1 is 1.03 bits per heavy atom. The highest BCUT2D eigenvalue weighted by atomic mass is 16.1. The van der Waals surface area contributed by atoms with Crippen molar-refractivity contribution >= 4 is 51.1 Å². The Kier molecular flexibility index (Phi) is 3.84. The number of carbonyl (C=O) groups is 1. The molecule has 0 fully saturated rings. The van der Waals surface area contributed by atoms with Gasteiger partial charge in [0.25, 0.3) is 5.91 Å².